The van der Waals surface area contributed by atoms with E-state index in [-0.39, 0.29) is 0 Å². The first kappa shape index (κ1) is 12.4. The molecule has 19 heavy (non-hydrogen) atoms. The second-order valence-corrected chi connectivity index (χ2v) is 5.61. The highest BCUT2D eigenvalue weighted by atomic mass is 15.2. The topological polar surface area (TPSA) is 52.0 Å². The van der Waals surface area contributed by atoms with Crippen LogP contribution in [0.2, 0.25) is 0 Å². The van der Waals surface area contributed by atoms with Crippen molar-refractivity contribution in [3.63, 3.8) is 0 Å². The van der Waals surface area contributed by atoms with Gasteiger partial charge in [-0.05, 0) is 31.4 Å². The second-order valence-electron chi connectivity index (χ2n) is 5.61. The number of hydrogen-bond acceptors (Lipinski definition) is 4. The molecule has 1 aliphatic carbocycles. The molecule has 3 rings (SSSR count). The molecule has 0 bridgehead atoms. The Kier molecular flexibility index (Phi) is 3.65. The number of likely N-dealkylation sites (tertiary alicyclic amines) is 1. The minimum atomic E-state index is 0.501. The van der Waals surface area contributed by atoms with Crippen LogP contribution in [-0.4, -0.2) is 35.1 Å². The van der Waals surface area contributed by atoms with Crippen LogP contribution in [-0.2, 0) is 0 Å². The molecule has 1 saturated heterocycles. The Morgan fingerprint density at radius 2 is 2.11 bits per heavy atom. The average molecular weight is 256 g/mol. The predicted molar refractivity (Wildman–Crippen MR) is 74.8 cm³/mol. The largest absolute Gasteiger partial charge is 0.366 e. The third-order valence-corrected chi connectivity index (χ3v) is 4.31. The molecule has 1 aromatic rings. The molecular weight excluding hydrogens is 236 g/mol. The monoisotopic (exact) mass is 256 g/mol. The Labute approximate surface area is 114 Å². The quantitative estimate of drug-likeness (QED) is 0.902. The molecule has 1 aliphatic heterocycles. The maximum absolute atomic E-state index is 8.75. The first-order chi connectivity index (χ1) is 9.35. The molecule has 4 nitrogen and oxygen atoms in total. The van der Waals surface area contributed by atoms with E-state index in [4.69, 9.17) is 5.26 Å². The summed E-state index contributed by atoms with van der Waals surface area (Å²) in [5.74, 6) is 0.886. The highest BCUT2D eigenvalue weighted by Gasteiger charge is 2.29. The number of nitrogens with zero attached hydrogens (tertiary/aromatic N) is 3. The highest BCUT2D eigenvalue weighted by Crippen LogP contribution is 2.27. The van der Waals surface area contributed by atoms with E-state index in [1.807, 2.05) is 12.1 Å². The van der Waals surface area contributed by atoms with E-state index in [2.05, 4.69) is 21.3 Å². The van der Waals surface area contributed by atoms with Gasteiger partial charge in [0, 0.05) is 31.4 Å². The van der Waals surface area contributed by atoms with Gasteiger partial charge < -0.3 is 5.32 Å². The van der Waals surface area contributed by atoms with Gasteiger partial charge in [-0.25, -0.2) is 4.98 Å². The number of aromatic nitrogens is 1. The lowest BCUT2D eigenvalue weighted by atomic mass is 10.2. The molecule has 4 heteroatoms. The molecule has 1 saturated carbocycles. The lowest BCUT2D eigenvalue weighted by molar-refractivity contribution is 0.245. The molecule has 0 aromatic carbocycles. The van der Waals surface area contributed by atoms with Gasteiger partial charge in [0.15, 0.2) is 0 Å². The molecule has 2 aliphatic rings. The van der Waals surface area contributed by atoms with Crippen LogP contribution in [0, 0.1) is 11.3 Å². The standard InChI is InChI=1S/C15H20N4/c16-9-12-5-6-15(17-10-12)18-13-7-8-19(11-13)14-3-1-2-4-14/h5-6,10,13-14H,1-4,7-8,11H2,(H,17,18). The van der Waals surface area contributed by atoms with Gasteiger partial charge in [-0.2, -0.15) is 5.26 Å². The lowest BCUT2D eigenvalue weighted by Gasteiger charge is -2.23. The van der Waals surface area contributed by atoms with Crippen molar-refractivity contribution in [3.05, 3.63) is 23.9 Å². The van der Waals surface area contributed by atoms with Gasteiger partial charge in [-0.15, -0.1) is 0 Å². The Bertz CT molecular complexity index is 456. The second kappa shape index (κ2) is 5.58. The van der Waals surface area contributed by atoms with E-state index in [0.29, 0.717) is 11.6 Å². The third-order valence-electron chi connectivity index (χ3n) is 4.31. The van der Waals surface area contributed by atoms with Crippen LogP contribution in [0.3, 0.4) is 0 Å². The molecule has 2 fully saturated rings. The fourth-order valence-corrected chi connectivity index (χ4v) is 3.26. The van der Waals surface area contributed by atoms with Crippen molar-refractivity contribution in [1.29, 1.82) is 5.26 Å². The summed E-state index contributed by atoms with van der Waals surface area (Å²) in [6.07, 6.45) is 8.38. The smallest absolute Gasteiger partial charge is 0.126 e. The summed E-state index contributed by atoms with van der Waals surface area (Å²) in [6, 6.07) is 7.13. The summed E-state index contributed by atoms with van der Waals surface area (Å²) in [4.78, 5) is 6.92. The molecule has 1 atom stereocenters. The molecular formula is C15H20N4. The summed E-state index contributed by atoms with van der Waals surface area (Å²) >= 11 is 0. The van der Waals surface area contributed by atoms with Gasteiger partial charge in [0.05, 0.1) is 5.56 Å². The summed E-state index contributed by atoms with van der Waals surface area (Å²) in [7, 11) is 0. The van der Waals surface area contributed by atoms with Crippen molar-refractivity contribution >= 4 is 5.82 Å². The zero-order valence-corrected chi connectivity index (χ0v) is 11.2. The average Bonchev–Trinajstić information content (AvgIpc) is 3.10. The summed E-state index contributed by atoms with van der Waals surface area (Å²) in [5, 5.41) is 12.2. The molecule has 1 N–H and O–H groups in total. The molecule has 100 valence electrons. The molecule has 0 spiro atoms. The van der Waals surface area contributed by atoms with Gasteiger partial charge in [-0.1, -0.05) is 12.8 Å². The molecule has 0 amide bonds. The Morgan fingerprint density at radius 3 is 2.79 bits per heavy atom. The van der Waals surface area contributed by atoms with E-state index in [0.717, 1.165) is 18.4 Å². The van der Waals surface area contributed by atoms with Gasteiger partial charge in [-0.3, -0.25) is 4.90 Å². The Morgan fingerprint density at radius 1 is 1.26 bits per heavy atom. The molecule has 0 radical (unpaired) electrons. The van der Waals surface area contributed by atoms with Crippen LogP contribution in [0.5, 0.6) is 0 Å². The maximum Gasteiger partial charge on any atom is 0.126 e. The van der Waals surface area contributed by atoms with E-state index in [9.17, 15) is 0 Å². The minimum Gasteiger partial charge on any atom is -0.366 e. The van der Waals surface area contributed by atoms with Gasteiger partial charge in [0.2, 0.25) is 0 Å². The van der Waals surface area contributed by atoms with Crippen LogP contribution in [0.1, 0.15) is 37.7 Å². The minimum absolute atomic E-state index is 0.501. The van der Waals surface area contributed by atoms with Crippen molar-refractivity contribution in [2.45, 2.75) is 44.2 Å². The third kappa shape index (κ3) is 2.87. The fourth-order valence-electron chi connectivity index (χ4n) is 3.26. The number of hydrogen-bond donors (Lipinski definition) is 1. The Balaban J connectivity index is 1.54. The van der Waals surface area contributed by atoms with Crippen LogP contribution in [0.4, 0.5) is 5.82 Å². The van der Waals surface area contributed by atoms with Crippen LogP contribution >= 0.6 is 0 Å². The van der Waals surface area contributed by atoms with E-state index in [1.54, 1.807) is 6.20 Å². The molecule has 2 heterocycles. The number of pyridine rings is 1. The van der Waals surface area contributed by atoms with Gasteiger partial charge in [0.25, 0.3) is 0 Å². The summed E-state index contributed by atoms with van der Waals surface area (Å²) in [6.45, 7) is 2.34. The van der Waals surface area contributed by atoms with E-state index >= 15 is 0 Å². The van der Waals surface area contributed by atoms with E-state index in [1.165, 1.54) is 38.6 Å². The van der Waals surface area contributed by atoms with Gasteiger partial charge in [0.1, 0.15) is 11.9 Å². The van der Waals surface area contributed by atoms with Crippen LogP contribution in [0.15, 0.2) is 18.3 Å². The highest BCUT2D eigenvalue weighted by molar-refractivity contribution is 5.40. The van der Waals surface area contributed by atoms with Crippen molar-refractivity contribution in [3.8, 4) is 6.07 Å². The van der Waals surface area contributed by atoms with Crippen molar-refractivity contribution in [2.24, 2.45) is 0 Å². The fraction of sp³-hybridized carbons (Fsp3) is 0.600. The van der Waals surface area contributed by atoms with E-state index < -0.39 is 0 Å². The SMILES string of the molecule is N#Cc1ccc(NC2CCN(C3CCCC3)C2)nc1. The van der Waals surface area contributed by atoms with Crippen molar-refractivity contribution in [1.82, 2.24) is 9.88 Å². The van der Waals surface area contributed by atoms with Crippen molar-refractivity contribution in [2.75, 3.05) is 18.4 Å². The Hall–Kier alpha value is -1.60. The first-order valence-corrected chi connectivity index (χ1v) is 7.22. The maximum atomic E-state index is 8.75. The molecule has 1 unspecified atom stereocenters. The van der Waals surface area contributed by atoms with Crippen molar-refractivity contribution < 1.29 is 0 Å². The number of nitriles is 1. The van der Waals surface area contributed by atoms with Crippen LogP contribution in [0.25, 0.3) is 0 Å². The zero-order chi connectivity index (χ0) is 13.1. The predicted octanol–water partition coefficient (Wildman–Crippen LogP) is 2.38. The molecule has 1 aromatic heterocycles. The zero-order valence-electron chi connectivity index (χ0n) is 11.2. The number of nitrogens with one attached hydrogen (secondary N) is 1. The summed E-state index contributed by atoms with van der Waals surface area (Å²) < 4.78 is 0. The van der Waals surface area contributed by atoms with Crippen LogP contribution < -0.4 is 5.32 Å². The first-order valence-electron chi connectivity index (χ1n) is 7.22. The van der Waals surface area contributed by atoms with Gasteiger partial charge >= 0.3 is 0 Å². The lowest BCUT2D eigenvalue weighted by Crippen LogP contribution is -2.33. The summed E-state index contributed by atoms with van der Waals surface area (Å²) in [5.41, 5.74) is 0.615. The normalized spacial score (nSPS) is 24.5. The number of rotatable bonds is 3. The number of anilines is 1.